The molecular weight excluding hydrogens is 1220 g/mol. The van der Waals surface area contributed by atoms with Gasteiger partial charge in [0, 0.05) is 41.3 Å². The van der Waals surface area contributed by atoms with Crippen molar-refractivity contribution in [1.29, 1.82) is 0 Å². The molecule has 0 unspecified atom stereocenters. The van der Waals surface area contributed by atoms with Gasteiger partial charge in [0.2, 0.25) is 0 Å². The van der Waals surface area contributed by atoms with E-state index in [-0.39, 0.29) is 52.7 Å². The van der Waals surface area contributed by atoms with Gasteiger partial charge in [-0.25, -0.2) is 0 Å². The first-order valence-electron chi connectivity index (χ1n) is 33.1. The van der Waals surface area contributed by atoms with Gasteiger partial charge in [-0.2, -0.15) is 0 Å². The van der Waals surface area contributed by atoms with Crippen LogP contribution in [0.1, 0.15) is 90.5 Å². The SMILES string of the molecule is O[C@H]1[C@@H](c2c(OCc3ccccc3)cc(OCc3ccccc3)c3c2O[C@H](c2ccc(OCc4ccccc4)c(OCc4ccccc4)c2)[C@H](O)C3)c2c(OCc3ccccc3)cc(OCc3ccccc3)cc2O[C@@H]1c1ccc(OCc2ccccc2)c(OCc2ccccc2)c1. The van der Waals surface area contributed by atoms with Crippen LogP contribution in [-0.4, -0.2) is 22.4 Å². The summed E-state index contributed by atoms with van der Waals surface area (Å²) in [4.78, 5) is 0. The molecule has 490 valence electrons. The van der Waals surface area contributed by atoms with Gasteiger partial charge in [0.1, 0.15) is 99.6 Å². The van der Waals surface area contributed by atoms with Gasteiger partial charge in [-0.3, -0.25) is 0 Å². The lowest BCUT2D eigenvalue weighted by atomic mass is 9.77. The molecular formula is C86H74O12. The van der Waals surface area contributed by atoms with E-state index in [9.17, 15) is 10.2 Å². The molecule has 12 nitrogen and oxygen atoms in total. The number of aliphatic hydroxyl groups excluding tert-OH is 2. The van der Waals surface area contributed by atoms with Crippen LogP contribution >= 0.6 is 0 Å². The van der Waals surface area contributed by atoms with Gasteiger partial charge in [-0.05, 0) is 79.9 Å². The first kappa shape index (κ1) is 63.9. The van der Waals surface area contributed by atoms with Crippen molar-refractivity contribution < 1.29 is 57.6 Å². The molecule has 12 aromatic carbocycles. The first-order chi connectivity index (χ1) is 48.4. The summed E-state index contributed by atoms with van der Waals surface area (Å²) in [5.74, 6) is 3.21. The third-order valence-corrected chi connectivity index (χ3v) is 17.5. The van der Waals surface area contributed by atoms with Gasteiger partial charge in [-0.1, -0.05) is 255 Å². The van der Waals surface area contributed by atoms with Crippen LogP contribution in [0, 0.1) is 0 Å². The van der Waals surface area contributed by atoms with Crippen LogP contribution < -0.4 is 47.4 Å². The van der Waals surface area contributed by atoms with Crippen molar-refractivity contribution >= 4 is 0 Å². The van der Waals surface area contributed by atoms with Gasteiger partial charge < -0.3 is 57.6 Å². The van der Waals surface area contributed by atoms with Crippen molar-refractivity contribution in [2.45, 2.75) is 89.6 Å². The zero-order valence-corrected chi connectivity index (χ0v) is 54.0. The van der Waals surface area contributed by atoms with E-state index in [1.165, 1.54) is 0 Å². The van der Waals surface area contributed by atoms with Crippen LogP contribution in [0.15, 0.2) is 297 Å². The summed E-state index contributed by atoms with van der Waals surface area (Å²) < 4.78 is 69.4. The highest BCUT2D eigenvalue weighted by molar-refractivity contribution is 5.67. The molecule has 0 radical (unpaired) electrons. The minimum absolute atomic E-state index is 0.0638. The Morgan fingerprint density at radius 3 is 1.00 bits per heavy atom. The highest BCUT2D eigenvalue weighted by Crippen LogP contribution is 2.58. The smallest absolute Gasteiger partial charge is 0.162 e. The number of hydrogen-bond donors (Lipinski definition) is 2. The molecule has 12 aromatic rings. The summed E-state index contributed by atoms with van der Waals surface area (Å²) in [6.45, 7) is 1.75. The number of benzene rings is 12. The Labute approximate surface area is 571 Å². The van der Waals surface area contributed by atoms with Crippen molar-refractivity contribution in [2.75, 3.05) is 0 Å². The lowest BCUT2D eigenvalue weighted by molar-refractivity contribution is 0.000521. The maximum Gasteiger partial charge on any atom is 0.162 e. The fourth-order valence-electron chi connectivity index (χ4n) is 12.4. The summed E-state index contributed by atoms with van der Waals surface area (Å²) in [7, 11) is 0. The van der Waals surface area contributed by atoms with Gasteiger partial charge >= 0.3 is 0 Å². The maximum absolute atomic E-state index is 14.1. The monoisotopic (exact) mass is 1300 g/mol. The van der Waals surface area contributed by atoms with Crippen LogP contribution in [0.3, 0.4) is 0 Å². The second-order valence-electron chi connectivity index (χ2n) is 24.4. The van der Waals surface area contributed by atoms with E-state index >= 15 is 0 Å². The molecule has 2 aliphatic rings. The quantitative estimate of drug-likeness (QED) is 0.0508. The molecule has 0 fully saturated rings. The van der Waals surface area contributed by atoms with E-state index < -0.39 is 30.3 Å². The number of rotatable bonds is 27. The van der Waals surface area contributed by atoms with Crippen LogP contribution in [0.2, 0.25) is 0 Å². The highest BCUT2D eigenvalue weighted by Gasteiger charge is 2.47. The predicted octanol–water partition coefficient (Wildman–Crippen LogP) is 18.0. The Balaban J connectivity index is 0.954. The molecule has 2 N–H and O–H groups in total. The van der Waals surface area contributed by atoms with Gasteiger partial charge in [0.05, 0.1) is 12.0 Å². The Bertz CT molecular complexity index is 4530. The molecule has 2 heterocycles. The van der Waals surface area contributed by atoms with E-state index in [0.717, 1.165) is 44.5 Å². The first-order valence-corrected chi connectivity index (χ1v) is 33.1. The Morgan fingerprint density at radius 2 is 0.612 bits per heavy atom. The van der Waals surface area contributed by atoms with Gasteiger partial charge in [-0.15, -0.1) is 0 Å². The largest absolute Gasteiger partial charge is 0.489 e. The van der Waals surface area contributed by atoms with E-state index in [1.54, 1.807) is 0 Å². The van der Waals surface area contributed by atoms with Crippen LogP contribution in [0.25, 0.3) is 0 Å². The molecule has 0 spiro atoms. The highest BCUT2D eigenvalue weighted by atomic mass is 16.5. The summed E-state index contributed by atoms with van der Waals surface area (Å²) >= 11 is 0. The van der Waals surface area contributed by atoms with Crippen molar-refractivity contribution in [1.82, 2.24) is 0 Å². The van der Waals surface area contributed by atoms with E-state index in [0.29, 0.717) is 91.9 Å². The van der Waals surface area contributed by atoms with Crippen molar-refractivity contribution in [3.8, 4) is 57.5 Å². The van der Waals surface area contributed by atoms with E-state index in [1.807, 2.05) is 297 Å². The molecule has 12 heteroatoms. The zero-order chi connectivity index (χ0) is 66.2. The van der Waals surface area contributed by atoms with E-state index in [2.05, 4.69) is 0 Å². The molecule has 14 rings (SSSR count). The third-order valence-electron chi connectivity index (χ3n) is 17.5. The molecule has 2 aliphatic heterocycles. The minimum Gasteiger partial charge on any atom is -0.489 e. The van der Waals surface area contributed by atoms with Crippen molar-refractivity contribution in [2.24, 2.45) is 0 Å². The Kier molecular flexibility index (Phi) is 20.2. The van der Waals surface area contributed by atoms with Gasteiger partial charge in [0.25, 0.3) is 0 Å². The second-order valence-corrected chi connectivity index (χ2v) is 24.4. The summed E-state index contributed by atoms with van der Waals surface area (Å²) in [6, 6.07) is 96.4. The molecule has 0 amide bonds. The fourth-order valence-corrected chi connectivity index (χ4v) is 12.4. The average molecular weight is 1300 g/mol. The predicted molar refractivity (Wildman–Crippen MR) is 376 cm³/mol. The number of fused-ring (bicyclic) bond motifs is 2. The topological polar surface area (TPSA) is 133 Å². The lowest BCUT2D eigenvalue weighted by Gasteiger charge is -2.41. The standard InChI is InChI=1S/C86H74O12/c87-71-49-70-74(92-54-62-31-15-4-16-32-62)50-78(96-58-66-39-23-8-24-40-66)81(86(70)98-84(71)67-41-43-72(90-52-60-27-11-2-12-28-60)75(45-67)93-55-63-33-17-5-18-34-63)82-80-77(95-57-65-37-21-7-22-38-65)47-69(89-51-59-25-9-1-10-26-59)48-79(80)97-85(83(82)88)68-42-44-73(91-53-61-29-13-3-14-30-61)76(46-68)94-56-64-35-19-6-20-36-64/h1-48,50,71,82-85,87-88H,49,51-58H2/t71-,82-,83+,84-,85-/m1/s1. The van der Waals surface area contributed by atoms with Gasteiger partial charge in [0.15, 0.2) is 29.1 Å². The summed E-state index contributed by atoms with van der Waals surface area (Å²) in [5, 5.41) is 27.0. The Morgan fingerprint density at radius 1 is 0.286 bits per heavy atom. The number of aliphatic hydroxyl groups is 2. The molecule has 0 aromatic heterocycles. The van der Waals surface area contributed by atoms with Crippen LogP contribution in [0.5, 0.6) is 57.5 Å². The molecule has 98 heavy (non-hydrogen) atoms. The molecule has 0 aliphatic carbocycles. The Hall–Kier alpha value is -11.4. The summed E-state index contributed by atoms with van der Waals surface area (Å²) in [6.07, 6.45) is -4.62. The van der Waals surface area contributed by atoms with Crippen LogP contribution in [0.4, 0.5) is 0 Å². The van der Waals surface area contributed by atoms with Crippen LogP contribution in [-0.2, 0) is 59.3 Å². The fraction of sp³-hybridized carbons (Fsp3) is 0.163. The normalized spacial score (nSPS) is 16.0. The second kappa shape index (κ2) is 31.0. The number of hydrogen-bond acceptors (Lipinski definition) is 12. The molecule has 5 atom stereocenters. The molecule has 0 bridgehead atoms. The average Bonchev–Trinajstić information content (AvgIpc) is 0.724. The third kappa shape index (κ3) is 15.6. The molecule has 0 saturated carbocycles. The van der Waals surface area contributed by atoms with Crippen molar-refractivity contribution in [3.05, 3.63) is 370 Å². The zero-order valence-electron chi connectivity index (χ0n) is 54.0. The maximum atomic E-state index is 14.1. The molecule has 0 saturated heterocycles. The van der Waals surface area contributed by atoms with E-state index in [4.69, 9.17) is 47.4 Å². The van der Waals surface area contributed by atoms with Crippen molar-refractivity contribution in [3.63, 3.8) is 0 Å². The number of ether oxygens (including phenoxy) is 10. The minimum atomic E-state index is -1.43. The summed E-state index contributed by atoms with van der Waals surface area (Å²) in [5.41, 5.74) is 10.3. The lowest BCUT2D eigenvalue weighted by Crippen LogP contribution is -2.37.